The summed E-state index contributed by atoms with van der Waals surface area (Å²) in [4.78, 5) is 0. The molecule has 1 aliphatic carbocycles. The molecular formula is C11H21N. The van der Waals surface area contributed by atoms with Crippen LogP contribution in [0, 0.1) is 0 Å². The van der Waals surface area contributed by atoms with E-state index in [0.717, 1.165) is 0 Å². The Hall–Kier alpha value is -0.300. The van der Waals surface area contributed by atoms with Gasteiger partial charge in [-0.25, -0.2) is 0 Å². The number of rotatable bonds is 5. The van der Waals surface area contributed by atoms with Gasteiger partial charge in [0.1, 0.15) is 0 Å². The lowest BCUT2D eigenvalue weighted by molar-refractivity contribution is 0.597. The van der Waals surface area contributed by atoms with Gasteiger partial charge < -0.3 is 5.73 Å². The van der Waals surface area contributed by atoms with E-state index in [4.69, 9.17) is 5.73 Å². The predicted octanol–water partition coefficient (Wildman–Crippen LogP) is 3.00. The lowest BCUT2D eigenvalue weighted by Gasteiger charge is -2.12. The SMILES string of the molecule is CCCCCC(N)C1=CCCC1. The number of hydrogen-bond acceptors (Lipinski definition) is 1. The molecule has 0 saturated heterocycles. The van der Waals surface area contributed by atoms with Gasteiger partial charge in [0, 0.05) is 6.04 Å². The molecule has 1 atom stereocenters. The minimum atomic E-state index is 0.374. The van der Waals surface area contributed by atoms with Gasteiger partial charge in [0.05, 0.1) is 0 Å². The zero-order valence-electron chi connectivity index (χ0n) is 8.18. The molecule has 0 heterocycles. The fraction of sp³-hybridized carbons (Fsp3) is 0.818. The molecule has 0 spiro atoms. The Morgan fingerprint density at radius 1 is 1.50 bits per heavy atom. The van der Waals surface area contributed by atoms with E-state index in [1.54, 1.807) is 0 Å². The lowest BCUT2D eigenvalue weighted by atomic mass is 10.0. The van der Waals surface area contributed by atoms with Crippen LogP contribution in [-0.2, 0) is 0 Å². The van der Waals surface area contributed by atoms with Crippen molar-refractivity contribution in [2.45, 2.75) is 57.9 Å². The van der Waals surface area contributed by atoms with Gasteiger partial charge in [-0.05, 0) is 25.7 Å². The highest BCUT2D eigenvalue weighted by Crippen LogP contribution is 2.22. The van der Waals surface area contributed by atoms with Crippen LogP contribution >= 0.6 is 0 Å². The third kappa shape index (κ3) is 2.98. The molecule has 1 rings (SSSR count). The van der Waals surface area contributed by atoms with Crippen molar-refractivity contribution in [3.8, 4) is 0 Å². The van der Waals surface area contributed by atoms with Crippen molar-refractivity contribution in [3.05, 3.63) is 11.6 Å². The molecule has 0 aromatic rings. The average molecular weight is 167 g/mol. The molecule has 1 unspecified atom stereocenters. The Morgan fingerprint density at radius 2 is 2.33 bits per heavy atom. The van der Waals surface area contributed by atoms with E-state index in [0.29, 0.717) is 6.04 Å². The molecule has 0 aromatic carbocycles. The van der Waals surface area contributed by atoms with E-state index in [1.807, 2.05) is 0 Å². The molecule has 0 saturated carbocycles. The van der Waals surface area contributed by atoms with Gasteiger partial charge in [-0.1, -0.05) is 37.8 Å². The van der Waals surface area contributed by atoms with Crippen LogP contribution in [-0.4, -0.2) is 6.04 Å². The van der Waals surface area contributed by atoms with Crippen LogP contribution < -0.4 is 5.73 Å². The molecule has 2 N–H and O–H groups in total. The summed E-state index contributed by atoms with van der Waals surface area (Å²) in [5, 5.41) is 0. The molecule has 0 amide bonds. The first kappa shape index (κ1) is 9.79. The topological polar surface area (TPSA) is 26.0 Å². The fourth-order valence-electron chi connectivity index (χ4n) is 1.83. The van der Waals surface area contributed by atoms with Crippen LogP contribution in [0.4, 0.5) is 0 Å². The second-order valence-electron chi connectivity index (χ2n) is 3.77. The Morgan fingerprint density at radius 3 is 2.92 bits per heavy atom. The van der Waals surface area contributed by atoms with Crippen molar-refractivity contribution in [1.82, 2.24) is 0 Å². The van der Waals surface area contributed by atoms with Gasteiger partial charge in [-0.2, -0.15) is 0 Å². The van der Waals surface area contributed by atoms with E-state index in [2.05, 4.69) is 13.0 Å². The summed E-state index contributed by atoms with van der Waals surface area (Å²) in [5.74, 6) is 0. The van der Waals surface area contributed by atoms with Crippen LogP contribution in [0.25, 0.3) is 0 Å². The number of allylic oxidation sites excluding steroid dienone is 1. The summed E-state index contributed by atoms with van der Waals surface area (Å²) in [6.45, 7) is 2.24. The highest BCUT2D eigenvalue weighted by Gasteiger charge is 2.11. The van der Waals surface area contributed by atoms with Crippen molar-refractivity contribution in [2.75, 3.05) is 0 Å². The standard InChI is InChI=1S/C11H21N/c1-2-3-4-9-11(12)10-7-5-6-8-10/h7,11H,2-6,8-9,12H2,1H3. The highest BCUT2D eigenvalue weighted by atomic mass is 14.6. The molecule has 0 aliphatic heterocycles. The first-order chi connectivity index (χ1) is 5.84. The molecule has 0 aromatic heterocycles. The van der Waals surface area contributed by atoms with Gasteiger partial charge in [0.25, 0.3) is 0 Å². The molecule has 1 heteroatoms. The number of hydrogen-bond donors (Lipinski definition) is 1. The van der Waals surface area contributed by atoms with Crippen LogP contribution in [0.3, 0.4) is 0 Å². The Bertz CT molecular complexity index is 149. The minimum absolute atomic E-state index is 0.374. The highest BCUT2D eigenvalue weighted by molar-refractivity contribution is 5.14. The summed E-state index contributed by atoms with van der Waals surface area (Å²) in [6, 6.07) is 0.374. The van der Waals surface area contributed by atoms with Crippen molar-refractivity contribution >= 4 is 0 Å². The Labute approximate surface area is 76.0 Å². The summed E-state index contributed by atoms with van der Waals surface area (Å²) in [7, 11) is 0. The normalized spacial score (nSPS) is 19.3. The maximum Gasteiger partial charge on any atom is 0.0253 e. The Balaban J connectivity index is 2.14. The van der Waals surface area contributed by atoms with Crippen LogP contribution in [0.1, 0.15) is 51.9 Å². The molecule has 1 aliphatic rings. The minimum Gasteiger partial charge on any atom is -0.324 e. The maximum atomic E-state index is 6.05. The van der Waals surface area contributed by atoms with E-state index in [9.17, 15) is 0 Å². The first-order valence-corrected chi connectivity index (χ1v) is 5.29. The monoisotopic (exact) mass is 167 g/mol. The summed E-state index contributed by atoms with van der Waals surface area (Å²) >= 11 is 0. The van der Waals surface area contributed by atoms with E-state index in [-0.39, 0.29) is 0 Å². The maximum absolute atomic E-state index is 6.05. The molecule has 12 heavy (non-hydrogen) atoms. The second-order valence-corrected chi connectivity index (χ2v) is 3.77. The van der Waals surface area contributed by atoms with Gasteiger partial charge in [0.15, 0.2) is 0 Å². The van der Waals surface area contributed by atoms with E-state index in [1.165, 1.54) is 50.5 Å². The van der Waals surface area contributed by atoms with Crippen molar-refractivity contribution in [3.63, 3.8) is 0 Å². The van der Waals surface area contributed by atoms with E-state index >= 15 is 0 Å². The third-order valence-corrected chi connectivity index (χ3v) is 2.67. The van der Waals surface area contributed by atoms with Gasteiger partial charge in [0.2, 0.25) is 0 Å². The van der Waals surface area contributed by atoms with Crippen molar-refractivity contribution < 1.29 is 0 Å². The molecule has 70 valence electrons. The van der Waals surface area contributed by atoms with Gasteiger partial charge in [-0.3, -0.25) is 0 Å². The Kier molecular flexibility index (Phi) is 4.37. The average Bonchev–Trinajstić information content (AvgIpc) is 2.56. The van der Waals surface area contributed by atoms with Crippen molar-refractivity contribution in [2.24, 2.45) is 5.73 Å². The summed E-state index contributed by atoms with van der Waals surface area (Å²) < 4.78 is 0. The largest absolute Gasteiger partial charge is 0.324 e. The van der Waals surface area contributed by atoms with Crippen LogP contribution in [0.5, 0.6) is 0 Å². The smallest absolute Gasteiger partial charge is 0.0253 e. The lowest BCUT2D eigenvalue weighted by Crippen LogP contribution is -2.21. The summed E-state index contributed by atoms with van der Waals surface area (Å²) in [6.07, 6.45) is 11.3. The van der Waals surface area contributed by atoms with E-state index < -0.39 is 0 Å². The van der Waals surface area contributed by atoms with Crippen LogP contribution in [0.2, 0.25) is 0 Å². The summed E-state index contributed by atoms with van der Waals surface area (Å²) in [5.41, 5.74) is 7.57. The predicted molar refractivity (Wildman–Crippen MR) is 54.1 cm³/mol. The molecule has 1 nitrogen and oxygen atoms in total. The molecule has 0 fully saturated rings. The first-order valence-electron chi connectivity index (χ1n) is 5.29. The zero-order chi connectivity index (χ0) is 8.81. The van der Waals surface area contributed by atoms with Gasteiger partial charge in [-0.15, -0.1) is 0 Å². The number of nitrogens with two attached hydrogens (primary N) is 1. The third-order valence-electron chi connectivity index (χ3n) is 2.67. The zero-order valence-corrected chi connectivity index (χ0v) is 8.18. The fourth-order valence-corrected chi connectivity index (χ4v) is 1.83. The quantitative estimate of drug-likeness (QED) is 0.494. The second kappa shape index (κ2) is 5.36. The van der Waals surface area contributed by atoms with Crippen LogP contribution in [0.15, 0.2) is 11.6 Å². The molecule has 0 bridgehead atoms. The molecule has 0 radical (unpaired) electrons. The molecular weight excluding hydrogens is 146 g/mol. The number of unbranched alkanes of at least 4 members (excludes halogenated alkanes) is 2. The van der Waals surface area contributed by atoms with Crippen molar-refractivity contribution in [1.29, 1.82) is 0 Å². The van der Waals surface area contributed by atoms with Gasteiger partial charge >= 0.3 is 0 Å².